The fourth-order valence-electron chi connectivity index (χ4n) is 4.34. The van der Waals surface area contributed by atoms with Crippen LogP contribution in [0.3, 0.4) is 0 Å². The van der Waals surface area contributed by atoms with Crippen molar-refractivity contribution in [2.45, 2.75) is 59.8 Å². The van der Waals surface area contributed by atoms with Gasteiger partial charge in [-0.1, -0.05) is 51.7 Å². The standard InChI is InChI=1S/C29H43N5O5Si/c1-10-20-21(16-19(40(7,8)9)17-23(20)39-24-13-12-22(38-24)26(30)35)25-27(36-5)32-29(33-28(25)37-6)34(11-2)15-14-31-18(3)4/h12-13,16-18,31H,10-11,14-15H2,1-9H3,(H2,30,35). The second-order valence-corrected chi connectivity index (χ2v) is 15.9. The lowest BCUT2D eigenvalue weighted by Gasteiger charge is -2.25. The normalized spacial score (nSPS) is 11.6. The number of hydrogen-bond donors (Lipinski definition) is 2. The molecule has 0 saturated carbocycles. The minimum absolute atomic E-state index is 0.0334. The number of anilines is 1. The van der Waals surface area contributed by atoms with Crippen LogP contribution in [-0.2, 0) is 6.42 Å². The van der Waals surface area contributed by atoms with Crippen molar-refractivity contribution >= 4 is 25.1 Å². The van der Waals surface area contributed by atoms with Crippen molar-refractivity contribution in [2.24, 2.45) is 5.73 Å². The number of rotatable bonds is 14. The average Bonchev–Trinajstić information content (AvgIpc) is 3.38. The Hall–Kier alpha value is -3.57. The van der Waals surface area contributed by atoms with Crippen molar-refractivity contribution in [3.8, 4) is 34.6 Å². The number of primary amides is 1. The number of aromatic nitrogens is 2. The molecule has 2 heterocycles. The molecule has 3 N–H and O–H groups in total. The molecule has 40 heavy (non-hydrogen) atoms. The van der Waals surface area contributed by atoms with Crippen LogP contribution in [0.2, 0.25) is 19.6 Å². The lowest BCUT2D eigenvalue weighted by atomic mass is 9.98. The number of nitrogens with zero attached hydrogens (tertiary/aromatic N) is 3. The van der Waals surface area contributed by atoms with Gasteiger partial charge in [-0.05, 0) is 31.0 Å². The second-order valence-electron chi connectivity index (χ2n) is 10.8. The van der Waals surface area contributed by atoms with Crippen LogP contribution in [0.5, 0.6) is 23.5 Å². The van der Waals surface area contributed by atoms with Crippen LogP contribution < -0.4 is 35.3 Å². The topological polar surface area (TPSA) is 125 Å². The van der Waals surface area contributed by atoms with Crippen molar-refractivity contribution in [3.63, 3.8) is 0 Å². The van der Waals surface area contributed by atoms with Gasteiger partial charge in [-0.25, -0.2) is 0 Å². The zero-order chi connectivity index (χ0) is 29.6. The Labute approximate surface area is 238 Å². The Kier molecular flexibility index (Phi) is 10.2. The number of nitrogens with two attached hydrogens (primary N) is 1. The second kappa shape index (κ2) is 13.2. The van der Waals surface area contributed by atoms with E-state index in [-0.39, 0.29) is 11.7 Å². The molecule has 0 spiro atoms. The van der Waals surface area contributed by atoms with E-state index >= 15 is 0 Å². The third-order valence-corrected chi connectivity index (χ3v) is 8.57. The van der Waals surface area contributed by atoms with Gasteiger partial charge in [0.2, 0.25) is 17.7 Å². The van der Waals surface area contributed by atoms with Crippen molar-refractivity contribution in [2.75, 3.05) is 38.8 Å². The van der Waals surface area contributed by atoms with Gasteiger partial charge in [0.05, 0.1) is 22.3 Å². The fraction of sp³-hybridized carbons (Fsp3) is 0.483. The van der Waals surface area contributed by atoms with E-state index in [1.54, 1.807) is 20.3 Å². The highest BCUT2D eigenvalue weighted by molar-refractivity contribution is 6.88. The van der Waals surface area contributed by atoms with Gasteiger partial charge in [0.15, 0.2) is 5.76 Å². The molecule has 0 aliphatic carbocycles. The molecule has 0 saturated heterocycles. The van der Waals surface area contributed by atoms with E-state index in [9.17, 15) is 4.79 Å². The minimum atomic E-state index is -1.83. The first kappa shape index (κ1) is 31.0. The van der Waals surface area contributed by atoms with Gasteiger partial charge in [0, 0.05) is 37.3 Å². The van der Waals surface area contributed by atoms with Gasteiger partial charge >= 0.3 is 0 Å². The number of methoxy groups -OCH3 is 2. The van der Waals surface area contributed by atoms with Crippen LogP contribution in [-0.4, -0.2) is 63.8 Å². The summed E-state index contributed by atoms with van der Waals surface area (Å²) < 4.78 is 23.5. The molecule has 218 valence electrons. The van der Waals surface area contributed by atoms with E-state index in [0.29, 0.717) is 41.5 Å². The van der Waals surface area contributed by atoms with Gasteiger partial charge in [-0.15, -0.1) is 0 Å². The van der Waals surface area contributed by atoms with Crippen molar-refractivity contribution in [1.29, 1.82) is 0 Å². The van der Waals surface area contributed by atoms with E-state index in [4.69, 9.17) is 34.3 Å². The molecule has 0 fully saturated rings. The van der Waals surface area contributed by atoms with E-state index in [2.05, 4.69) is 62.8 Å². The fourth-order valence-corrected chi connectivity index (χ4v) is 5.48. The Bertz CT molecular complexity index is 1290. The number of carbonyl (C=O) groups is 1. The zero-order valence-corrected chi connectivity index (χ0v) is 26.2. The largest absolute Gasteiger partial charge is 0.480 e. The van der Waals surface area contributed by atoms with Gasteiger partial charge < -0.3 is 34.6 Å². The first-order valence-electron chi connectivity index (χ1n) is 13.7. The van der Waals surface area contributed by atoms with Crippen molar-refractivity contribution in [3.05, 3.63) is 35.6 Å². The summed E-state index contributed by atoms with van der Waals surface area (Å²) in [5.74, 6) is 1.54. The first-order chi connectivity index (χ1) is 18.9. The Morgan fingerprint density at radius 3 is 2.23 bits per heavy atom. The highest BCUT2D eigenvalue weighted by atomic mass is 28.3. The summed E-state index contributed by atoms with van der Waals surface area (Å²) in [6, 6.07) is 7.70. The zero-order valence-electron chi connectivity index (χ0n) is 25.2. The number of nitrogens with one attached hydrogen (secondary N) is 1. The number of carbonyl (C=O) groups excluding carboxylic acids is 1. The SMILES string of the molecule is CCc1c(Oc2ccc(C(N)=O)o2)cc([Si](C)(C)C)cc1-c1c(OC)nc(N(CC)CCNC(C)C)nc1OC. The number of benzene rings is 1. The van der Waals surface area contributed by atoms with E-state index in [0.717, 1.165) is 35.9 Å². The molecule has 0 bridgehead atoms. The molecule has 1 aromatic carbocycles. The number of likely N-dealkylation sites (N-methyl/N-ethyl adjacent to an activating group) is 1. The highest BCUT2D eigenvalue weighted by Gasteiger charge is 2.28. The van der Waals surface area contributed by atoms with Crippen LogP contribution >= 0.6 is 0 Å². The molecule has 0 aliphatic rings. The summed E-state index contributed by atoms with van der Waals surface area (Å²) in [5, 5.41) is 4.59. The summed E-state index contributed by atoms with van der Waals surface area (Å²) in [6.07, 6.45) is 0.635. The Morgan fingerprint density at radius 2 is 1.75 bits per heavy atom. The van der Waals surface area contributed by atoms with E-state index in [1.165, 1.54) is 6.07 Å². The summed E-state index contributed by atoms with van der Waals surface area (Å²) in [5.41, 5.74) is 7.80. The lowest BCUT2D eigenvalue weighted by Crippen LogP contribution is -2.37. The minimum Gasteiger partial charge on any atom is -0.480 e. The molecule has 0 atom stereocenters. The summed E-state index contributed by atoms with van der Waals surface area (Å²) in [7, 11) is 1.37. The third kappa shape index (κ3) is 7.13. The molecular formula is C29H43N5O5Si. The Morgan fingerprint density at radius 1 is 1.10 bits per heavy atom. The molecule has 0 aliphatic heterocycles. The summed E-state index contributed by atoms with van der Waals surface area (Å²) in [4.78, 5) is 23.3. The van der Waals surface area contributed by atoms with Crippen LogP contribution in [0.4, 0.5) is 5.95 Å². The molecule has 2 aromatic heterocycles. The summed E-state index contributed by atoms with van der Waals surface area (Å²) >= 11 is 0. The monoisotopic (exact) mass is 569 g/mol. The van der Waals surface area contributed by atoms with Gasteiger partial charge in [0.1, 0.15) is 11.3 Å². The van der Waals surface area contributed by atoms with E-state index in [1.807, 2.05) is 6.92 Å². The average molecular weight is 570 g/mol. The molecule has 1 amide bonds. The molecule has 0 unspecified atom stereocenters. The predicted octanol–water partition coefficient (Wildman–Crippen LogP) is 4.58. The first-order valence-corrected chi connectivity index (χ1v) is 17.2. The molecular weight excluding hydrogens is 526 g/mol. The van der Waals surface area contributed by atoms with Crippen molar-refractivity contribution in [1.82, 2.24) is 15.3 Å². The van der Waals surface area contributed by atoms with Crippen LogP contribution in [0.25, 0.3) is 11.1 Å². The van der Waals surface area contributed by atoms with Gasteiger partial charge in [-0.3, -0.25) is 4.79 Å². The van der Waals surface area contributed by atoms with Crippen LogP contribution in [0.15, 0.2) is 28.7 Å². The van der Waals surface area contributed by atoms with Gasteiger partial charge in [-0.2, -0.15) is 9.97 Å². The maximum absolute atomic E-state index is 11.6. The Balaban J connectivity index is 2.20. The van der Waals surface area contributed by atoms with Gasteiger partial charge in [0.25, 0.3) is 11.9 Å². The molecule has 3 rings (SSSR count). The highest BCUT2D eigenvalue weighted by Crippen LogP contribution is 2.42. The molecule has 3 aromatic rings. The van der Waals surface area contributed by atoms with Crippen molar-refractivity contribution < 1.29 is 23.4 Å². The number of ether oxygens (including phenoxy) is 3. The van der Waals surface area contributed by atoms with Crippen LogP contribution in [0, 0.1) is 0 Å². The maximum Gasteiger partial charge on any atom is 0.290 e. The van der Waals surface area contributed by atoms with E-state index < -0.39 is 14.0 Å². The smallest absolute Gasteiger partial charge is 0.290 e. The number of hydrogen-bond acceptors (Lipinski definition) is 9. The predicted molar refractivity (Wildman–Crippen MR) is 161 cm³/mol. The number of amides is 1. The lowest BCUT2D eigenvalue weighted by molar-refractivity contribution is 0.0969. The molecule has 10 nitrogen and oxygen atoms in total. The van der Waals surface area contributed by atoms with Crippen LogP contribution in [0.1, 0.15) is 43.8 Å². The molecule has 0 radical (unpaired) electrons. The number of furan rings is 1. The molecule has 11 heteroatoms. The third-order valence-electron chi connectivity index (χ3n) is 6.55. The maximum atomic E-state index is 11.6. The summed E-state index contributed by atoms with van der Waals surface area (Å²) in [6.45, 7) is 17.4. The quantitative estimate of drug-likeness (QED) is 0.268.